The number of halogens is 2. The molecule has 0 saturated carbocycles. The second-order valence-corrected chi connectivity index (χ2v) is 10.9. The van der Waals surface area contributed by atoms with Gasteiger partial charge in [0.05, 0.1) is 34.3 Å². The van der Waals surface area contributed by atoms with E-state index in [1.165, 1.54) is 23.8 Å². The minimum Gasteiger partial charge on any atom is -0.490 e. The zero-order valence-electron chi connectivity index (χ0n) is 20.9. The third kappa shape index (κ3) is 6.67. The van der Waals surface area contributed by atoms with E-state index in [1.807, 2.05) is 43.3 Å². The number of likely N-dealkylation sites (N-methyl/N-ethyl adjacent to an activating group) is 1. The highest BCUT2D eigenvalue weighted by Gasteiger charge is 2.30. The molecule has 0 aromatic heterocycles. The molecule has 1 saturated heterocycles. The van der Waals surface area contributed by atoms with Gasteiger partial charge >= 0.3 is 5.97 Å². The number of thioether (sulfide) groups is 1. The molecular weight excluding hydrogens is 636 g/mol. The SMILES string of the molecule is CCOc1cc(C=C2SC(=Nc3ccc(C(=O)OC)cc3)N(C)C2=O)cc(Br)c1OCc1ccc(Br)cc1. The molecule has 1 aliphatic rings. The second-order valence-electron chi connectivity index (χ2n) is 8.09. The summed E-state index contributed by atoms with van der Waals surface area (Å²) in [6.07, 6.45) is 1.80. The molecule has 1 fully saturated rings. The van der Waals surface area contributed by atoms with E-state index in [-0.39, 0.29) is 5.91 Å². The summed E-state index contributed by atoms with van der Waals surface area (Å²) in [6, 6.07) is 18.3. The fourth-order valence-electron chi connectivity index (χ4n) is 3.51. The summed E-state index contributed by atoms with van der Waals surface area (Å²) >= 11 is 8.32. The summed E-state index contributed by atoms with van der Waals surface area (Å²) in [6.45, 7) is 2.75. The Kier molecular flexibility index (Phi) is 9.30. The van der Waals surface area contributed by atoms with Gasteiger partial charge < -0.3 is 14.2 Å². The minimum absolute atomic E-state index is 0.162. The van der Waals surface area contributed by atoms with Crippen molar-refractivity contribution in [2.45, 2.75) is 13.5 Å². The predicted octanol–water partition coefficient (Wildman–Crippen LogP) is 7.21. The van der Waals surface area contributed by atoms with Crippen LogP contribution in [-0.4, -0.2) is 42.7 Å². The second kappa shape index (κ2) is 12.6. The lowest BCUT2D eigenvalue weighted by Crippen LogP contribution is -2.23. The van der Waals surface area contributed by atoms with Crippen LogP contribution in [0.4, 0.5) is 5.69 Å². The molecule has 0 spiro atoms. The molecule has 0 atom stereocenters. The first-order valence-corrected chi connectivity index (χ1v) is 14.0. The molecule has 4 rings (SSSR count). The number of esters is 1. The van der Waals surface area contributed by atoms with E-state index >= 15 is 0 Å². The van der Waals surface area contributed by atoms with Crippen LogP contribution in [-0.2, 0) is 16.1 Å². The summed E-state index contributed by atoms with van der Waals surface area (Å²) in [5.74, 6) is 0.593. The smallest absolute Gasteiger partial charge is 0.337 e. The summed E-state index contributed by atoms with van der Waals surface area (Å²) in [4.78, 5) is 31.2. The highest BCUT2D eigenvalue weighted by molar-refractivity contribution is 9.10. The van der Waals surface area contributed by atoms with Crippen LogP contribution >= 0.6 is 43.6 Å². The quantitative estimate of drug-likeness (QED) is 0.188. The van der Waals surface area contributed by atoms with E-state index in [0.29, 0.717) is 46.0 Å². The van der Waals surface area contributed by atoms with Gasteiger partial charge in [0, 0.05) is 11.5 Å². The van der Waals surface area contributed by atoms with E-state index in [1.54, 1.807) is 37.4 Å². The lowest BCUT2D eigenvalue weighted by Gasteiger charge is -2.15. The number of hydrogen-bond acceptors (Lipinski definition) is 7. The number of amides is 1. The Bertz CT molecular complexity index is 1410. The number of carbonyl (C=O) groups excluding carboxylic acids is 2. The van der Waals surface area contributed by atoms with Gasteiger partial charge in [0.2, 0.25) is 0 Å². The number of carbonyl (C=O) groups is 2. The first-order valence-electron chi connectivity index (χ1n) is 11.6. The Morgan fingerprint density at radius 3 is 2.42 bits per heavy atom. The van der Waals surface area contributed by atoms with Gasteiger partial charge in [-0.05, 0) is 100 Å². The maximum atomic E-state index is 13.0. The van der Waals surface area contributed by atoms with Crippen molar-refractivity contribution in [3.05, 3.63) is 91.2 Å². The first kappa shape index (κ1) is 27.9. The molecule has 0 aliphatic carbocycles. The third-order valence-corrected chi connectivity index (χ3v) is 7.62. The van der Waals surface area contributed by atoms with Crippen LogP contribution < -0.4 is 9.47 Å². The Balaban J connectivity index is 1.55. The van der Waals surface area contributed by atoms with Crippen LogP contribution in [0.25, 0.3) is 6.08 Å². The Hall–Kier alpha value is -3.08. The van der Waals surface area contributed by atoms with Crippen molar-refractivity contribution in [1.29, 1.82) is 0 Å². The van der Waals surface area contributed by atoms with Crippen molar-refractivity contribution in [3.63, 3.8) is 0 Å². The lowest BCUT2D eigenvalue weighted by molar-refractivity contribution is -0.121. The van der Waals surface area contributed by atoms with Crippen molar-refractivity contribution < 1.29 is 23.8 Å². The number of nitrogens with zero attached hydrogens (tertiary/aromatic N) is 2. The average molecular weight is 660 g/mol. The van der Waals surface area contributed by atoms with Crippen molar-refractivity contribution in [3.8, 4) is 11.5 Å². The van der Waals surface area contributed by atoms with Gasteiger partial charge in [-0.2, -0.15) is 0 Å². The molecule has 1 aliphatic heterocycles. The Morgan fingerprint density at radius 1 is 1.05 bits per heavy atom. The highest BCUT2D eigenvalue weighted by Crippen LogP contribution is 2.40. The number of ether oxygens (including phenoxy) is 3. The molecule has 196 valence electrons. The molecule has 0 bridgehead atoms. The molecule has 7 nitrogen and oxygen atoms in total. The van der Waals surface area contributed by atoms with Crippen LogP contribution in [0.15, 0.2) is 79.5 Å². The molecule has 0 N–H and O–H groups in total. The third-order valence-electron chi connectivity index (χ3n) is 5.44. The number of aliphatic imine (C=N–C) groups is 1. The number of rotatable bonds is 8. The number of methoxy groups -OCH3 is 1. The van der Waals surface area contributed by atoms with Crippen molar-refractivity contribution >= 4 is 72.4 Å². The first-order chi connectivity index (χ1) is 18.3. The zero-order chi connectivity index (χ0) is 27.2. The van der Waals surface area contributed by atoms with Gasteiger partial charge in [0.25, 0.3) is 5.91 Å². The predicted molar refractivity (Wildman–Crippen MR) is 157 cm³/mol. The maximum Gasteiger partial charge on any atom is 0.337 e. The fourth-order valence-corrected chi connectivity index (χ4v) is 5.34. The maximum absolute atomic E-state index is 13.0. The summed E-state index contributed by atoms with van der Waals surface area (Å²) < 4.78 is 18.4. The topological polar surface area (TPSA) is 77.4 Å². The molecule has 10 heteroatoms. The molecule has 1 heterocycles. The van der Waals surface area contributed by atoms with E-state index < -0.39 is 5.97 Å². The molecule has 3 aromatic carbocycles. The van der Waals surface area contributed by atoms with Crippen LogP contribution in [0.3, 0.4) is 0 Å². The van der Waals surface area contributed by atoms with Crippen LogP contribution in [0.2, 0.25) is 0 Å². The Morgan fingerprint density at radius 2 is 1.76 bits per heavy atom. The molecule has 0 unspecified atom stereocenters. The van der Waals surface area contributed by atoms with E-state index in [2.05, 4.69) is 36.9 Å². The minimum atomic E-state index is -0.417. The molecule has 1 amide bonds. The summed E-state index contributed by atoms with van der Waals surface area (Å²) in [5, 5.41) is 0.533. The van der Waals surface area contributed by atoms with Gasteiger partial charge in [0.15, 0.2) is 16.7 Å². The summed E-state index contributed by atoms with van der Waals surface area (Å²) in [7, 11) is 3.01. The fraction of sp³-hybridized carbons (Fsp3) is 0.179. The number of benzene rings is 3. The van der Waals surface area contributed by atoms with Gasteiger partial charge in [-0.1, -0.05) is 28.1 Å². The van der Waals surface area contributed by atoms with Gasteiger partial charge in [-0.3, -0.25) is 9.69 Å². The van der Waals surface area contributed by atoms with Crippen molar-refractivity contribution in [1.82, 2.24) is 4.90 Å². The van der Waals surface area contributed by atoms with Crippen LogP contribution in [0, 0.1) is 0 Å². The van der Waals surface area contributed by atoms with Gasteiger partial charge in [-0.25, -0.2) is 9.79 Å². The van der Waals surface area contributed by atoms with Crippen LogP contribution in [0.5, 0.6) is 11.5 Å². The molecule has 3 aromatic rings. The summed E-state index contributed by atoms with van der Waals surface area (Å²) in [5.41, 5.74) is 2.86. The zero-order valence-corrected chi connectivity index (χ0v) is 24.9. The van der Waals surface area contributed by atoms with E-state index in [4.69, 9.17) is 14.2 Å². The van der Waals surface area contributed by atoms with Gasteiger partial charge in [-0.15, -0.1) is 0 Å². The normalized spacial score (nSPS) is 15.3. The standard InChI is InChI=1S/C28H24Br2N2O5S/c1-4-36-23-14-18(13-22(30)25(23)37-16-17-5-9-20(29)10-6-17)15-24-26(33)32(2)28(38-24)31-21-11-7-19(8-12-21)27(34)35-3/h5-15H,4,16H2,1-3H3. The molecular formula is C28H24Br2N2O5S. The largest absolute Gasteiger partial charge is 0.490 e. The van der Waals surface area contributed by atoms with Crippen LogP contribution in [0.1, 0.15) is 28.4 Å². The lowest BCUT2D eigenvalue weighted by atomic mass is 10.1. The number of hydrogen-bond donors (Lipinski definition) is 0. The number of amidine groups is 1. The average Bonchev–Trinajstić information content (AvgIpc) is 3.17. The highest BCUT2D eigenvalue weighted by atomic mass is 79.9. The van der Waals surface area contributed by atoms with E-state index in [0.717, 1.165) is 20.1 Å². The van der Waals surface area contributed by atoms with E-state index in [9.17, 15) is 9.59 Å². The van der Waals surface area contributed by atoms with Crippen molar-refractivity contribution in [2.75, 3.05) is 20.8 Å². The van der Waals surface area contributed by atoms with Gasteiger partial charge in [0.1, 0.15) is 6.61 Å². The van der Waals surface area contributed by atoms with Crippen molar-refractivity contribution in [2.24, 2.45) is 4.99 Å². The molecule has 38 heavy (non-hydrogen) atoms. The monoisotopic (exact) mass is 658 g/mol. The Labute approximate surface area is 242 Å². The molecule has 0 radical (unpaired) electrons.